The van der Waals surface area contributed by atoms with Crippen molar-refractivity contribution in [2.24, 2.45) is 5.92 Å². The van der Waals surface area contributed by atoms with E-state index in [0.717, 1.165) is 12.0 Å². The van der Waals surface area contributed by atoms with Crippen LogP contribution in [0.5, 0.6) is 0 Å². The van der Waals surface area contributed by atoms with Gasteiger partial charge in [-0.25, -0.2) is 4.39 Å². The summed E-state index contributed by atoms with van der Waals surface area (Å²) in [5.41, 5.74) is 0.867. The van der Waals surface area contributed by atoms with Gasteiger partial charge in [-0.2, -0.15) is 0 Å². The van der Waals surface area contributed by atoms with Crippen molar-refractivity contribution in [1.82, 2.24) is 0 Å². The predicted octanol–water partition coefficient (Wildman–Crippen LogP) is 3.85. The van der Waals surface area contributed by atoms with E-state index in [-0.39, 0.29) is 5.83 Å². The van der Waals surface area contributed by atoms with Crippen LogP contribution in [0.1, 0.15) is 33.6 Å². The number of hydrogen-bond acceptors (Lipinski definition) is 0. The highest BCUT2D eigenvalue weighted by molar-refractivity contribution is 5.07. The molecule has 0 aliphatic heterocycles. The van der Waals surface area contributed by atoms with Crippen molar-refractivity contribution in [2.75, 3.05) is 0 Å². The lowest BCUT2D eigenvalue weighted by atomic mass is 10.0. The molecule has 0 aromatic rings. The monoisotopic (exact) mass is 156 g/mol. The summed E-state index contributed by atoms with van der Waals surface area (Å²) in [6.45, 7) is 9.40. The molecule has 0 heterocycles. The Morgan fingerprint density at radius 1 is 1.55 bits per heavy atom. The topological polar surface area (TPSA) is 0 Å². The molecule has 0 fully saturated rings. The Labute approximate surface area is 68.8 Å². The summed E-state index contributed by atoms with van der Waals surface area (Å²) in [5.74, 6) is 0.347. The van der Waals surface area contributed by atoms with E-state index in [1.54, 1.807) is 6.08 Å². The fourth-order valence-electron chi connectivity index (χ4n) is 0.739. The Morgan fingerprint density at radius 2 is 2.09 bits per heavy atom. The Bertz CT molecular complexity index is 154. The molecular weight excluding hydrogens is 139 g/mol. The van der Waals surface area contributed by atoms with E-state index >= 15 is 0 Å². The quantitative estimate of drug-likeness (QED) is 0.542. The minimum absolute atomic E-state index is 0.0277. The van der Waals surface area contributed by atoms with E-state index < -0.39 is 0 Å². The first-order valence-electron chi connectivity index (χ1n) is 4.05. The lowest BCUT2D eigenvalue weighted by Crippen LogP contribution is -1.92. The molecule has 0 radical (unpaired) electrons. The van der Waals surface area contributed by atoms with E-state index in [0.29, 0.717) is 12.3 Å². The second-order valence-electron chi connectivity index (χ2n) is 3.07. The number of hydrogen-bond donors (Lipinski definition) is 0. The zero-order valence-corrected chi connectivity index (χ0v) is 7.65. The number of rotatable bonds is 4. The van der Waals surface area contributed by atoms with Gasteiger partial charge in [0.1, 0.15) is 0 Å². The summed E-state index contributed by atoms with van der Waals surface area (Å²) in [6.07, 6.45) is 2.98. The molecule has 64 valence electrons. The van der Waals surface area contributed by atoms with Gasteiger partial charge in [-0.15, -0.1) is 6.58 Å². The third-order valence-electron chi connectivity index (χ3n) is 1.86. The van der Waals surface area contributed by atoms with Gasteiger partial charge in [-0.05, 0) is 24.8 Å². The molecule has 0 aliphatic carbocycles. The van der Waals surface area contributed by atoms with Crippen LogP contribution in [0.4, 0.5) is 4.39 Å². The van der Waals surface area contributed by atoms with Gasteiger partial charge in [0.15, 0.2) is 0 Å². The van der Waals surface area contributed by atoms with Crippen LogP contribution in [-0.4, -0.2) is 0 Å². The van der Waals surface area contributed by atoms with Crippen LogP contribution < -0.4 is 0 Å². The van der Waals surface area contributed by atoms with Gasteiger partial charge in [0.05, 0.1) is 5.83 Å². The first kappa shape index (κ1) is 10.4. The van der Waals surface area contributed by atoms with E-state index in [2.05, 4.69) is 6.58 Å². The molecule has 0 nitrogen and oxygen atoms in total. The summed E-state index contributed by atoms with van der Waals surface area (Å²) in [5, 5.41) is 0. The molecule has 0 bridgehead atoms. The summed E-state index contributed by atoms with van der Waals surface area (Å²) < 4.78 is 13.1. The average Bonchev–Trinajstić information content (AvgIpc) is 1.98. The fourth-order valence-corrected chi connectivity index (χ4v) is 0.739. The summed E-state index contributed by atoms with van der Waals surface area (Å²) in [6, 6.07) is 0. The highest BCUT2D eigenvalue weighted by Gasteiger charge is 2.03. The highest BCUT2D eigenvalue weighted by Crippen LogP contribution is 2.18. The van der Waals surface area contributed by atoms with Crippen LogP contribution in [0.2, 0.25) is 0 Å². The van der Waals surface area contributed by atoms with Crippen molar-refractivity contribution in [3.05, 3.63) is 24.1 Å². The summed E-state index contributed by atoms with van der Waals surface area (Å²) >= 11 is 0. The average molecular weight is 156 g/mol. The van der Waals surface area contributed by atoms with Crippen LogP contribution in [0.15, 0.2) is 24.1 Å². The highest BCUT2D eigenvalue weighted by atomic mass is 19.1. The zero-order chi connectivity index (χ0) is 8.85. The van der Waals surface area contributed by atoms with Crippen molar-refractivity contribution in [1.29, 1.82) is 0 Å². The Morgan fingerprint density at radius 3 is 2.45 bits per heavy atom. The molecule has 0 rings (SSSR count). The minimum Gasteiger partial charge on any atom is -0.212 e. The van der Waals surface area contributed by atoms with Gasteiger partial charge in [0.25, 0.3) is 0 Å². The molecule has 0 aromatic carbocycles. The van der Waals surface area contributed by atoms with Crippen LogP contribution in [-0.2, 0) is 0 Å². The minimum atomic E-state index is 0.0277. The van der Waals surface area contributed by atoms with Crippen LogP contribution in [0.3, 0.4) is 0 Å². The lowest BCUT2D eigenvalue weighted by Gasteiger charge is -2.06. The van der Waals surface area contributed by atoms with E-state index in [1.807, 2.05) is 20.8 Å². The molecule has 0 N–H and O–H groups in total. The van der Waals surface area contributed by atoms with Crippen LogP contribution in [0, 0.1) is 5.92 Å². The van der Waals surface area contributed by atoms with Crippen molar-refractivity contribution in [3.8, 4) is 0 Å². The fraction of sp³-hybridized carbons (Fsp3) is 0.600. The third kappa shape index (κ3) is 3.97. The molecule has 0 saturated heterocycles. The lowest BCUT2D eigenvalue weighted by molar-refractivity contribution is 0.555. The van der Waals surface area contributed by atoms with Gasteiger partial charge in [0, 0.05) is 6.42 Å². The number of allylic oxidation sites excluding steroid dienone is 3. The molecule has 11 heavy (non-hydrogen) atoms. The van der Waals surface area contributed by atoms with Crippen molar-refractivity contribution in [3.63, 3.8) is 0 Å². The van der Waals surface area contributed by atoms with E-state index in [4.69, 9.17) is 0 Å². The second-order valence-corrected chi connectivity index (χ2v) is 3.07. The van der Waals surface area contributed by atoms with Crippen molar-refractivity contribution < 1.29 is 4.39 Å². The Kier molecular flexibility index (Phi) is 4.84. The van der Waals surface area contributed by atoms with Crippen LogP contribution in [0.25, 0.3) is 0 Å². The van der Waals surface area contributed by atoms with Gasteiger partial charge in [0.2, 0.25) is 0 Å². The Hall–Kier alpha value is -0.590. The van der Waals surface area contributed by atoms with E-state index in [9.17, 15) is 4.39 Å². The first-order chi connectivity index (χ1) is 5.09. The maximum atomic E-state index is 13.1. The van der Waals surface area contributed by atoms with Gasteiger partial charge >= 0.3 is 0 Å². The molecule has 0 aliphatic rings. The summed E-state index contributed by atoms with van der Waals surface area (Å²) in [4.78, 5) is 0. The zero-order valence-electron chi connectivity index (χ0n) is 7.65. The Balaban J connectivity index is 4.04. The molecule has 0 amide bonds. The molecule has 1 heteroatoms. The maximum Gasteiger partial charge on any atom is 0.0994 e. The predicted molar refractivity (Wildman–Crippen MR) is 48.1 cm³/mol. The largest absolute Gasteiger partial charge is 0.212 e. The van der Waals surface area contributed by atoms with Crippen molar-refractivity contribution >= 4 is 0 Å². The second kappa shape index (κ2) is 5.11. The summed E-state index contributed by atoms with van der Waals surface area (Å²) in [7, 11) is 0. The standard InChI is InChI=1S/C10H17F/c1-5-6-7-10(11)9(4)8(2)3/h5,8H,1,6-7H2,2-4H3/b10-9-. The van der Waals surface area contributed by atoms with Crippen molar-refractivity contribution in [2.45, 2.75) is 33.6 Å². The van der Waals surface area contributed by atoms with Gasteiger partial charge < -0.3 is 0 Å². The molecule has 0 atom stereocenters. The molecule has 0 unspecified atom stereocenters. The maximum absolute atomic E-state index is 13.1. The smallest absolute Gasteiger partial charge is 0.0994 e. The van der Waals surface area contributed by atoms with E-state index in [1.165, 1.54) is 0 Å². The number of halogens is 1. The molecular formula is C10H17F. The van der Waals surface area contributed by atoms with Gasteiger partial charge in [-0.1, -0.05) is 19.9 Å². The normalized spacial score (nSPS) is 13.2. The third-order valence-corrected chi connectivity index (χ3v) is 1.86. The first-order valence-corrected chi connectivity index (χ1v) is 4.05. The van der Waals surface area contributed by atoms with Crippen LogP contribution >= 0.6 is 0 Å². The molecule has 0 aromatic heterocycles. The SMILES string of the molecule is C=CCC/C(F)=C(\C)C(C)C. The van der Waals surface area contributed by atoms with Gasteiger partial charge in [-0.3, -0.25) is 0 Å². The molecule has 0 saturated carbocycles. The molecule has 0 spiro atoms.